The Bertz CT molecular complexity index is 1260. The van der Waals surface area contributed by atoms with E-state index >= 15 is 0 Å². The molecule has 0 aliphatic rings. The molecule has 3 heterocycles. The third kappa shape index (κ3) is 3.03. The monoisotopic (exact) mass is 370 g/mol. The van der Waals surface area contributed by atoms with E-state index in [1.165, 1.54) is 4.57 Å². The van der Waals surface area contributed by atoms with Gasteiger partial charge in [-0.1, -0.05) is 18.2 Å². The van der Waals surface area contributed by atoms with E-state index < -0.39 is 0 Å². The highest BCUT2D eigenvalue weighted by molar-refractivity contribution is 5.67. The maximum atomic E-state index is 12.9. The quantitative estimate of drug-likeness (QED) is 0.549. The fraction of sp³-hybridized carbons (Fsp3) is 0.136. The molecule has 0 fully saturated rings. The average molecular weight is 370 g/mol. The van der Waals surface area contributed by atoms with Crippen molar-refractivity contribution in [1.29, 1.82) is 5.26 Å². The van der Waals surface area contributed by atoms with Crippen LogP contribution in [-0.2, 0) is 0 Å². The summed E-state index contributed by atoms with van der Waals surface area (Å²) in [6.07, 6.45) is 5.27. The molecule has 4 aromatic rings. The van der Waals surface area contributed by atoms with E-state index in [9.17, 15) is 4.79 Å². The first-order chi connectivity index (χ1) is 13.6. The summed E-state index contributed by atoms with van der Waals surface area (Å²) in [5.41, 5.74) is 3.96. The number of aromatic nitrogens is 3. The molecule has 0 amide bonds. The summed E-state index contributed by atoms with van der Waals surface area (Å²) in [6, 6.07) is 15.1. The Kier molecular flexibility index (Phi) is 4.42. The molecule has 28 heavy (non-hydrogen) atoms. The molecule has 0 aliphatic carbocycles. The largest absolute Gasteiger partial charge is 0.490 e. The highest BCUT2D eigenvalue weighted by atomic mass is 16.5. The van der Waals surface area contributed by atoms with E-state index in [1.54, 1.807) is 35.1 Å². The molecule has 138 valence electrons. The molecule has 0 atom stereocenters. The van der Waals surface area contributed by atoms with Crippen molar-refractivity contribution in [2.75, 3.05) is 6.61 Å². The predicted octanol–water partition coefficient (Wildman–Crippen LogP) is 3.73. The van der Waals surface area contributed by atoms with Crippen LogP contribution < -0.4 is 10.4 Å². The molecule has 6 nitrogen and oxygen atoms in total. The van der Waals surface area contributed by atoms with Crippen LogP contribution in [0.25, 0.3) is 22.5 Å². The first kappa shape index (κ1) is 17.6. The van der Waals surface area contributed by atoms with Gasteiger partial charge in [0.05, 0.1) is 23.8 Å². The molecule has 0 saturated heterocycles. The van der Waals surface area contributed by atoms with Gasteiger partial charge in [0.1, 0.15) is 0 Å². The second-order valence-corrected chi connectivity index (χ2v) is 6.45. The first-order valence-corrected chi connectivity index (χ1v) is 8.95. The van der Waals surface area contributed by atoms with Gasteiger partial charge in [0.15, 0.2) is 11.6 Å². The van der Waals surface area contributed by atoms with Crippen LogP contribution in [0.3, 0.4) is 0 Å². The van der Waals surface area contributed by atoms with Gasteiger partial charge in [0, 0.05) is 24.2 Å². The lowest BCUT2D eigenvalue weighted by Crippen LogP contribution is -2.20. The number of imidazole rings is 1. The number of hydrogen-bond donors (Lipinski definition) is 0. The van der Waals surface area contributed by atoms with Gasteiger partial charge in [0.2, 0.25) is 0 Å². The van der Waals surface area contributed by atoms with E-state index in [2.05, 4.69) is 11.1 Å². The van der Waals surface area contributed by atoms with E-state index in [0.717, 1.165) is 22.2 Å². The molecule has 0 N–H and O–H groups in total. The molecule has 0 spiro atoms. The Morgan fingerprint density at radius 1 is 1.11 bits per heavy atom. The van der Waals surface area contributed by atoms with E-state index in [-0.39, 0.29) is 5.69 Å². The number of ether oxygens (including phenoxy) is 1. The average Bonchev–Trinajstić information content (AvgIpc) is 3.04. The van der Waals surface area contributed by atoms with Crippen LogP contribution >= 0.6 is 0 Å². The second-order valence-electron chi connectivity index (χ2n) is 6.45. The van der Waals surface area contributed by atoms with Gasteiger partial charge in [0.25, 0.3) is 0 Å². The van der Waals surface area contributed by atoms with Crippen molar-refractivity contribution in [3.8, 4) is 28.8 Å². The van der Waals surface area contributed by atoms with Crippen molar-refractivity contribution >= 4 is 5.52 Å². The number of nitriles is 1. The van der Waals surface area contributed by atoms with Crippen molar-refractivity contribution in [2.24, 2.45) is 0 Å². The number of fused-ring (bicyclic) bond motifs is 1. The van der Waals surface area contributed by atoms with E-state index in [0.29, 0.717) is 23.7 Å². The number of nitrogens with zero attached hydrogens (tertiary/aromatic N) is 4. The van der Waals surface area contributed by atoms with Gasteiger partial charge >= 0.3 is 5.69 Å². The lowest BCUT2D eigenvalue weighted by Gasteiger charge is -2.11. The van der Waals surface area contributed by atoms with Crippen molar-refractivity contribution in [3.05, 3.63) is 82.7 Å². The van der Waals surface area contributed by atoms with Crippen molar-refractivity contribution in [2.45, 2.75) is 13.8 Å². The third-order valence-corrected chi connectivity index (χ3v) is 4.51. The Morgan fingerprint density at radius 2 is 1.89 bits per heavy atom. The summed E-state index contributed by atoms with van der Waals surface area (Å²) in [4.78, 5) is 17.4. The zero-order valence-electron chi connectivity index (χ0n) is 15.6. The first-order valence-electron chi connectivity index (χ1n) is 8.95. The van der Waals surface area contributed by atoms with Crippen LogP contribution in [0.5, 0.6) is 5.75 Å². The molecule has 3 aromatic heterocycles. The maximum absolute atomic E-state index is 12.9. The maximum Gasteiger partial charge on any atom is 0.338 e. The summed E-state index contributed by atoms with van der Waals surface area (Å²) >= 11 is 0. The normalized spacial score (nSPS) is 10.8. The SMILES string of the molecule is CCOc1cc(-c2ccc(C#N)cc2)cnc1-n1cc2ccc(C)cn2c1=O. The fourth-order valence-electron chi connectivity index (χ4n) is 3.12. The Balaban J connectivity index is 1.84. The number of rotatable bonds is 4. The van der Waals surface area contributed by atoms with Gasteiger partial charge in [-0.3, -0.25) is 4.40 Å². The molecule has 0 aliphatic heterocycles. The zero-order valence-corrected chi connectivity index (χ0v) is 15.6. The summed E-state index contributed by atoms with van der Waals surface area (Å²) in [6.45, 7) is 4.28. The van der Waals surface area contributed by atoms with Crippen LogP contribution in [0.2, 0.25) is 0 Å². The summed E-state index contributed by atoms with van der Waals surface area (Å²) < 4.78 is 8.89. The minimum Gasteiger partial charge on any atom is -0.490 e. The topological polar surface area (TPSA) is 72.3 Å². The summed E-state index contributed by atoms with van der Waals surface area (Å²) in [7, 11) is 0. The van der Waals surface area contributed by atoms with Gasteiger partial charge in [-0.2, -0.15) is 5.26 Å². The molecule has 0 saturated carbocycles. The van der Waals surface area contributed by atoms with Crippen LogP contribution in [-0.4, -0.2) is 20.6 Å². The van der Waals surface area contributed by atoms with Gasteiger partial charge in [-0.05, 0) is 49.2 Å². The molecular weight excluding hydrogens is 352 g/mol. The van der Waals surface area contributed by atoms with Crippen LogP contribution in [0, 0.1) is 18.3 Å². The number of hydrogen-bond acceptors (Lipinski definition) is 4. The van der Waals surface area contributed by atoms with Crippen molar-refractivity contribution in [1.82, 2.24) is 14.0 Å². The minimum absolute atomic E-state index is 0.196. The molecule has 0 radical (unpaired) electrons. The molecule has 4 rings (SSSR count). The van der Waals surface area contributed by atoms with E-state index in [4.69, 9.17) is 10.00 Å². The fourth-order valence-corrected chi connectivity index (χ4v) is 3.12. The Labute approximate surface area is 161 Å². The molecular formula is C22H18N4O2. The third-order valence-electron chi connectivity index (χ3n) is 4.51. The summed E-state index contributed by atoms with van der Waals surface area (Å²) in [5, 5.41) is 8.96. The van der Waals surface area contributed by atoms with Crippen LogP contribution in [0.4, 0.5) is 0 Å². The molecule has 0 unspecified atom stereocenters. The van der Waals surface area contributed by atoms with Crippen molar-refractivity contribution in [3.63, 3.8) is 0 Å². The van der Waals surface area contributed by atoms with Gasteiger partial charge in [-0.25, -0.2) is 14.3 Å². The smallest absolute Gasteiger partial charge is 0.338 e. The predicted molar refractivity (Wildman–Crippen MR) is 107 cm³/mol. The standard InChI is InChI=1S/C22H18N4O2/c1-3-28-20-10-18(17-7-5-16(11-23)6-8-17)12-24-21(20)26-14-19-9-4-15(2)13-25(19)22(26)27/h4-10,12-14H,3H2,1-2H3. The van der Waals surface area contributed by atoms with Gasteiger partial charge < -0.3 is 4.74 Å². The molecule has 0 bridgehead atoms. The number of pyridine rings is 2. The van der Waals surface area contributed by atoms with Gasteiger partial charge in [-0.15, -0.1) is 0 Å². The lowest BCUT2D eigenvalue weighted by molar-refractivity contribution is 0.337. The Hall–Kier alpha value is -3.85. The minimum atomic E-state index is -0.196. The Morgan fingerprint density at radius 3 is 2.61 bits per heavy atom. The highest BCUT2D eigenvalue weighted by Gasteiger charge is 2.15. The second kappa shape index (κ2) is 7.05. The van der Waals surface area contributed by atoms with Crippen LogP contribution in [0.1, 0.15) is 18.1 Å². The molecule has 1 aromatic carbocycles. The zero-order chi connectivity index (χ0) is 19.7. The van der Waals surface area contributed by atoms with Crippen LogP contribution in [0.15, 0.2) is 65.8 Å². The highest BCUT2D eigenvalue weighted by Crippen LogP contribution is 2.28. The number of benzene rings is 1. The van der Waals surface area contributed by atoms with E-state index in [1.807, 2.05) is 44.2 Å². The lowest BCUT2D eigenvalue weighted by atomic mass is 10.1. The molecule has 6 heteroatoms. The summed E-state index contributed by atoms with van der Waals surface area (Å²) in [5.74, 6) is 0.977. The number of aryl methyl sites for hydroxylation is 1. The van der Waals surface area contributed by atoms with Crippen molar-refractivity contribution < 1.29 is 4.74 Å².